The SMILES string of the molecule is O=C1CC(CBr)CN1c1cncc(Cl)c1. The van der Waals surface area contributed by atoms with Crippen molar-refractivity contribution in [1.82, 2.24) is 4.98 Å². The normalized spacial score (nSPS) is 21.1. The largest absolute Gasteiger partial charge is 0.311 e. The van der Waals surface area contributed by atoms with E-state index in [-0.39, 0.29) is 5.91 Å². The molecule has 1 saturated heterocycles. The maximum absolute atomic E-state index is 11.7. The molecule has 1 aromatic heterocycles. The summed E-state index contributed by atoms with van der Waals surface area (Å²) < 4.78 is 0. The van der Waals surface area contributed by atoms with E-state index in [1.807, 2.05) is 0 Å². The molecule has 1 aliphatic heterocycles. The minimum atomic E-state index is 0.142. The highest BCUT2D eigenvalue weighted by molar-refractivity contribution is 9.09. The summed E-state index contributed by atoms with van der Waals surface area (Å²) in [5.41, 5.74) is 0.788. The molecule has 0 N–H and O–H groups in total. The van der Waals surface area contributed by atoms with Crippen molar-refractivity contribution in [3.05, 3.63) is 23.5 Å². The number of alkyl halides is 1. The van der Waals surface area contributed by atoms with E-state index in [2.05, 4.69) is 20.9 Å². The molecule has 1 aliphatic rings. The van der Waals surface area contributed by atoms with Crippen LogP contribution in [0.25, 0.3) is 0 Å². The summed E-state index contributed by atoms with van der Waals surface area (Å²) in [6.45, 7) is 0.742. The molecular weight excluding hydrogens is 279 g/mol. The van der Waals surface area contributed by atoms with Crippen LogP contribution in [0.5, 0.6) is 0 Å². The van der Waals surface area contributed by atoms with Gasteiger partial charge in [0.05, 0.1) is 16.9 Å². The van der Waals surface area contributed by atoms with Gasteiger partial charge in [0.25, 0.3) is 0 Å². The number of hydrogen-bond acceptors (Lipinski definition) is 2. The second kappa shape index (κ2) is 4.49. The van der Waals surface area contributed by atoms with Crippen LogP contribution in [0.4, 0.5) is 5.69 Å². The highest BCUT2D eigenvalue weighted by atomic mass is 79.9. The Labute approximate surface area is 102 Å². The van der Waals surface area contributed by atoms with Gasteiger partial charge >= 0.3 is 0 Å². The van der Waals surface area contributed by atoms with Crippen LogP contribution in [0.2, 0.25) is 5.02 Å². The number of carbonyl (C=O) groups is 1. The number of pyridine rings is 1. The van der Waals surface area contributed by atoms with Crippen LogP contribution in [0.1, 0.15) is 6.42 Å². The summed E-state index contributed by atoms with van der Waals surface area (Å²) in [7, 11) is 0. The van der Waals surface area contributed by atoms with E-state index < -0.39 is 0 Å². The molecule has 0 saturated carbocycles. The van der Waals surface area contributed by atoms with Crippen molar-refractivity contribution in [2.24, 2.45) is 5.92 Å². The van der Waals surface area contributed by atoms with Crippen LogP contribution in [0.3, 0.4) is 0 Å². The maximum atomic E-state index is 11.7. The Kier molecular flexibility index (Phi) is 3.26. The quantitative estimate of drug-likeness (QED) is 0.784. The zero-order valence-electron chi connectivity index (χ0n) is 7.99. The van der Waals surface area contributed by atoms with Crippen molar-refractivity contribution in [1.29, 1.82) is 0 Å². The van der Waals surface area contributed by atoms with Crippen molar-refractivity contribution in [2.45, 2.75) is 6.42 Å². The van der Waals surface area contributed by atoms with E-state index in [1.165, 1.54) is 0 Å². The van der Waals surface area contributed by atoms with E-state index in [1.54, 1.807) is 23.4 Å². The van der Waals surface area contributed by atoms with E-state index in [9.17, 15) is 4.79 Å². The van der Waals surface area contributed by atoms with Crippen LogP contribution < -0.4 is 4.90 Å². The lowest BCUT2D eigenvalue weighted by molar-refractivity contribution is -0.117. The lowest BCUT2D eigenvalue weighted by Gasteiger charge is -2.15. The molecule has 1 amide bonds. The van der Waals surface area contributed by atoms with Gasteiger partial charge in [0, 0.05) is 24.5 Å². The Balaban J connectivity index is 2.21. The van der Waals surface area contributed by atoms with Gasteiger partial charge in [-0.25, -0.2) is 0 Å². The summed E-state index contributed by atoms with van der Waals surface area (Å²) in [6, 6.07) is 1.77. The van der Waals surface area contributed by atoms with Crippen LogP contribution >= 0.6 is 27.5 Å². The van der Waals surface area contributed by atoms with Crippen LogP contribution in [-0.2, 0) is 4.79 Å². The lowest BCUT2D eigenvalue weighted by atomic mass is 10.2. The first-order valence-electron chi connectivity index (χ1n) is 4.67. The van der Waals surface area contributed by atoms with Crippen LogP contribution in [0.15, 0.2) is 18.5 Å². The van der Waals surface area contributed by atoms with E-state index >= 15 is 0 Å². The zero-order chi connectivity index (χ0) is 10.8. The van der Waals surface area contributed by atoms with Crippen molar-refractivity contribution in [2.75, 3.05) is 16.8 Å². The number of hydrogen-bond donors (Lipinski definition) is 0. The number of anilines is 1. The first-order chi connectivity index (χ1) is 7.20. The van der Waals surface area contributed by atoms with Gasteiger partial charge in [0.2, 0.25) is 5.91 Å². The van der Waals surface area contributed by atoms with Gasteiger partial charge in [-0.2, -0.15) is 0 Å². The monoisotopic (exact) mass is 288 g/mol. The molecule has 3 nitrogen and oxygen atoms in total. The minimum absolute atomic E-state index is 0.142. The van der Waals surface area contributed by atoms with Crippen molar-refractivity contribution < 1.29 is 4.79 Å². The molecule has 1 atom stereocenters. The van der Waals surface area contributed by atoms with Crippen molar-refractivity contribution in [3.63, 3.8) is 0 Å². The minimum Gasteiger partial charge on any atom is -0.311 e. The predicted molar refractivity (Wildman–Crippen MR) is 63.5 cm³/mol. The molecule has 15 heavy (non-hydrogen) atoms. The smallest absolute Gasteiger partial charge is 0.227 e. The molecule has 1 aromatic rings. The molecule has 1 unspecified atom stereocenters. The Bertz CT molecular complexity index is 385. The predicted octanol–water partition coefficient (Wildman–Crippen LogP) is 2.48. The summed E-state index contributed by atoms with van der Waals surface area (Å²) in [5.74, 6) is 0.528. The van der Waals surface area contributed by atoms with Crippen molar-refractivity contribution in [3.8, 4) is 0 Å². The van der Waals surface area contributed by atoms with Gasteiger partial charge in [-0.3, -0.25) is 9.78 Å². The average molecular weight is 290 g/mol. The third kappa shape index (κ3) is 2.32. The highest BCUT2D eigenvalue weighted by Crippen LogP contribution is 2.26. The summed E-state index contributed by atoms with van der Waals surface area (Å²) in [5, 5.41) is 1.41. The molecule has 2 heterocycles. The van der Waals surface area contributed by atoms with E-state index in [4.69, 9.17) is 11.6 Å². The van der Waals surface area contributed by atoms with Gasteiger partial charge < -0.3 is 4.90 Å². The number of rotatable bonds is 2. The third-order valence-corrected chi connectivity index (χ3v) is 3.55. The average Bonchev–Trinajstić information content (AvgIpc) is 2.60. The molecule has 2 rings (SSSR count). The highest BCUT2D eigenvalue weighted by Gasteiger charge is 2.29. The molecule has 0 bridgehead atoms. The first-order valence-corrected chi connectivity index (χ1v) is 6.17. The Morgan fingerprint density at radius 1 is 1.60 bits per heavy atom. The first kappa shape index (κ1) is 10.9. The lowest BCUT2D eigenvalue weighted by Crippen LogP contribution is -2.24. The van der Waals surface area contributed by atoms with E-state index in [0.29, 0.717) is 17.4 Å². The molecule has 0 radical (unpaired) electrons. The third-order valence-electron chi connectivity index (χ3n) is 2.43. The molecule has 5 heteroatoms. The van der Waals surface area contributed by atoms with Crippen molar-refractivity contribution >= 4 is 39.1 Å². The molecule has 1 fully saturated rings. The standard InChI is InChI=1S/C10H10BrClN2O/c11-3-7-1-10(15)14(6-7)9-2-8(12)4-13-5-9/h2,4-5,7H,1,3,6H2. The van der Waals surface area contributed by atoms with E-state index in [0.717, 1.165) is 17.6 Å². The van der Waals surface area contributed by atoms with Gasteiger partial charge in [0.15, 0.2) is 0 Å². The molecule has 0 aliphatic carbocycles. The fourth-order valence-electron chi connectivity index (χ4n) is 1.68. The van der Waals surface area contributed by atoms with Gasteiger partial charge in [-0.15, -0.1) is 0 Å². The van der Waals surface area contributed by atoms with Gasteiger partial charge in [0.1, 0.15) is 0 Å². The number of nitrogens with zero attached hydrogens (tertiary/aromatic N) is 2. The molecule has 0 aromatic carbocycles. The number of aromatic nitrogens is 1. The Hall–Kier alpha value is -0.610. The Morgan fingerprint density at radius 2 is 2.40 bits per heavy atom. The molecule has 0 spiro atoms. The Morgan fingerprint density at radius 3 is 3.00 bits per heavy atom. The van der Waals surface area contributed by atoms with Crippen LogP contribution in [0, 0.1) is 5.92 Å². The second-order valence-electron chi connectivity index (χ2n) is 3.59. The number of halogens is 2. The summed E-state index contributed by atoms with van der Waals surface area (Å²) in [4.78, 5) is 17.4. The second-order valence-corrected chi connectivity index (χ2v) is 4.67. The topological polar surface area (TPSA) is 33.2 Å². The molecule has 80 valence electrons. The van der Waals surface area contributed by atoms with Crippen LogP contribution in [-0.4, -0.2) is 22.8 Å². The number of carbonyl (C=O) groups excluding carboxylic acids is 1. The van der Waals surface area contributed by atoms with Gasteiger partial charge in [-0.05, 0) is 12.0 Å². The number of amides is 1. The summed E-state index contributed by atoms with van der Waals surface area (Å²) >= 11 is 9.23. The summed E-state index contributed by atoms with van der Waals surface area (Å²) in [6.07, 6.45) is 3.83. The maximum Gasteiger partial charge on any atom is 0.227 e. The van der Waals surface area contributed by atoms with Gasteiger partial charge in [-0.1, -0.05) is 27.5 Å². The fraction of sp³-hybridized carbons (Fsp3) is 0.400. The fourth-order valence-corrected chi connectivity index (χ4v) is 2.28. The molecular formula is C10H10BrClN2O. The zero-order valence-corrected chi connectivity index (χ0v) is 10.3.